The highest BCUT2D eigenvalue weighted by molar-refractivity contribution is 7.15. The Balaban J connectivity index is 1.60. The summed E-state index contributed by atoms with van der Waals surface area (Å²) < 4.78 is 0. The van der Waals surface area contributed by atoms with Crippen LogP contribution in [0.2, 0.25) is 0 Å². The number of anilines is 1. The molecule has 0 saturated carbocycles. The van der Waals surface area contributed by atoms with Gasteiger partial charge in [0.25, 0.3) is 0 Å². The molecule has 2 amide bonds. The minimum atomic E-state index is -0.0648. The van der Waals surface area contributed by atoms with Crippen molar-refractivity contribution in [1.82, 2.24) is 9.88 Å². The Bertz CT molecular complexity index is 755. The van der Waals surface area contributed by atoms with Crippen molar-refractivity contribution in [3.05, 3.63) is 46.5 Å². The Morgan fingerprint density at radius 2 is 2.04 bits per heavy atom. The summed E-state index contributed by atoms with van der Waals surface area (Å²) in [5, 5.41) is 3.52. The lowest BCUT2D eigenvalue weighted by molar-refractivity contribution is -0.132. The summed E-state index contributed by atoms with van der Waals surface area (Å²) in [6.07, 6.45) is 1.67. The Morgan fingerprint density at radius 3 is 2.76 bits per heavy atom. The number of carbonyl (C=O) groups is 2. The van der Waals surface area contributed by atoms with Gasteiger partial charge >= 0.3 is 0 Å². The van der Waals surface area contributed by atoms with Gasteiger partial charge in [0.05, 0.1) is 18.7 Å². The molecular weight excluding hydrogens is 334 g/mol. The molecule has 1 N–H and O–H groups in total. The number of carbonyl (C=O) groups excluding carboxylic acids is 2. The summed E-state index contributed by atoms with van der Waals surface area (Å²) in [5.74, 6) is 0.497. The van der Waals surface area contributed by atoms with Crippen molar-refractivity contribution in [3.63, 3.8) is 0 Å². The van der Waals surface area contributed by atoms with Gasteiger partial charge in [-0.3, -0.25) is 9.59 Å². The van der Waals surface area contributed by atoms with Crippen LogP contribution < -0.4 is 5.32 Å². The molecular formula is C19H23N3O2S. The van der Waals surface area contributed by atoms with Crippen LogP contribution in [0.5, 0.6) is 0 Å². The molecule has 2 aromatic rings. The van der Waals surface area contributed by atoms with Crippen LogP contribution in [0.1, 0.15) is 36.4 Å². The van der Waals surface area contributed by atoms with Crippen LogP contribution in [0.25, 0.3) is 0 Å². The zero-order valence-corrected chi connectivity index (χ0v) is 15.4. The quantitative estimate of drug-likeness (QED) is 0.893. The van der Waals surface area contributed by atoms with Crippen LogP contribution in [0.15, 0.2) is 30.3 Å². The number of benzene rings is 1. The van der Waals surface area contributed by atoms with Crippen molar-refractivity contribution >= 4 is 28.3 Å². The van der Waals surface area contributed by atoms with E-state index in [1.807, 2.05) is 35.2 Å². The van der Waals surface area contributed by atoms with Gasteiger partial charge in [0.1, 0.15) is 0 Å². The Hall–Kier alpha value is -2.21. The van der Waals surface area contributed by atoms with Crippen molar-refractivity contribution in [2.75, 3.05) is 11.9 Å². The lowest BCUT2D eigenvalue weighted by Gasteiger charge is -2.26. The normalized spacial score (nSPS) is 13.6. The molecule has 0 fully saturated rings. The third-order valence-corrected chi connectivity index (χ3v) is 5.12. The first kappa shape index (κ1) is 17.6. The van der Waals surface area contributed by atoms with Crippen LogP contribution >= 0.6 is 11.3 Å². The number of thiazole rings is 1. The van der Waals surface area contributed by atoms with Gasteiger partial charge in [-0.15, -0.1) is 0 Å². The number of fused-ring (bicyclic) bond motifs is 1. The molecule has 0 aliphatic carbocycles. The number of nitrogens with one attached hydrogen (secondary N) is 1. The molecule has 25 heavy (non-hydrogen) atoms. The van der Waals surface area contributed by atoms with Crippen LogP contribution in [0.3, 0.4) is 0 Å². The molecule has 0 radical (unpaired) electrons. The van der Waals surface area contributed by atoms with Gasteiger partial charge in [0.15, 0.2) is 5.13 Å². The lowest BCUT2D eigenvalue weighted by atomic mass is 10.1. The second-order valence-electron chi connectivity index (χ2n) is 6.76. The van der Waals surface area contributed by atoms with E-state index >= 15 is 0 Å². The first-order chi connectivity index (χ1) is 12.0. The Morgan fingerprint density at radius 1 is 1.28 bits per heavy atom. The number of aromatic nitrogens is 1. The molecule has 0 spiro atoms. The minimum Gasteiger partial charge on any atom is -0.337 e. The van der Waals surface area contributed by atoms with Gasteiger partial charge in [-0.2, -0.15) is 0 Å². The minimum absolute atomic E-state index is 0.0648. The number of hydrogen-bond donors (Lipinski definition) is 1. The molecule has 0 unspecified atom stereocenters. The van der Waals surface area contributed by atoms with Crippen LogP contribution in [-0.4, -0.2) is 28.2 Å². The maximum absolute atomic E-state index is 12.2. The zero-order chi connectivity index (χ0) is 17.8. The molecule has 0 saturated heterocycles. The maximum atomic E-state index is 12.2. The van der Waals surface area contributed by atoms with Gasteiger partial charge < -0.3 is 10.2 Å². The van der Waals surface area contributed by atoms with E-state index in [9.17, 15) is 9.59 Å². The van der Waals surface area contributed by atoms with E-state index in [4.69, 9.17) is 0 Å². The molecule has 0 bridgehead atoms. The summed E-state index contributed by atoms with van der Waals surface area (Å²) in [6.45, 7) is 5.42. The van der Waals surface area contributed by atoms with Gasteiger partial charge in [0, 0.05) is 24.3 Å². The molecule has 0 atom stereocenters. The fourth-order valence-electron chi connectivity index (χ4n) is 2.88. The third-order valence-electron chi connectivity index (χ3n) is 4.12. The van der Waals surface area contributed by atoms with Gasteiger partial charge in [-0.05, 0) is 11.5 Å². The highest BCUT2D eigenvalue weighted by atomic mass is 32.1. The highest BCUT2D eigenvalue weighted by Gasteiger charge is 2.24. The number of rotatable bonds is 5. The first-order valence-corrected chi connectivity index (χ1v) is 9.43. The summed E-state index contributed by atoms with van der Waals surface area (Å²) in [5.41, 5.74) is 1.99. The van der Waals surface area contributed by atoms with Crippen molar-refractivity contribution in [2.45, 2.75) is 39.7 Å². The van der Waals surface area contributed by atoms with Crippen molar-refractivity contribution in [3.8, 4) is 0 Å². The number of amides is 2. The fourth-order valence-corrected chi connectivity index (χ4v) is 3.92. The molecule has 1 aliphatic rings. The lowest BCUT2D eigenvalue weighted by Crippen LogP contribution is -2.36. The summed E-state index contributed by atoms with van der Waals surface area (Å²) >= 11 is 1.48. The van der Waals surface area contributed by atoms with Crippen LogP contribution in [-0.2, 0) is 29.0 Å². The topological polar surface area (TPSA) is 62.3 Å². The van der Waals surface area contributed by atoms with Gasteiger partial charge in [-0.1, -0.05) is 55.5 Å². The molecule has 3 rings (SSSR count). The highest BCUT2D eigenvalue weighted by Crippen LogP contribution is 2.29. The molecule has 132 valence electrons. The second kappa shape index (κ2) is 7.78. The average molecular weight is 357 g/mol. The summed E-state index contributed by atoms with van der Waals surface area (Å²) in [6, 6.07) is 9.65. The molecule has 1 aliphatic heterocycles. The smallest absolute Gasteiger partial charge is 0.230 e. The van der Waals surface area contributed by atoms with E-state index in [0.29, 0.717) is 37.0 Å². The number of nitrogens with zero attached hydrogens (tertiary/aromatic N) is 2. The van der Waals surface area contributed by atoms with E-state index in [0.717, 1.165) is 22.6 Å². The zero-order valence-electron chi connectivity index (χ0n) is 14.6. The Labute approximate surface area is 152 Å². The molecule has 2 heterocycles. The summed E-state index contributed by atoms with van der Waals surface area (Å²) in [4.78, 5) is 31.9. The third kappa shape index (κ3) is 4.66. The van der Waals surface area contributed by atoms with E-state index in [-0.39, 0.29) is 11.8 Å². The van der Waals surface area contributed by atoms with Crippen molar-refractivity contribution < 1.29 is 9.59 Å². The Kier molecular flexibility index (Phi) is 5.48. The number of hydrogen-bond acceptors (Lipinski definition) is 4. The largest absolute Gasteiger partial charge is 0.337 e. The standard InChI is InChI=1S/C19H23N3O2S/c1-13(2)10-18(24)22-9-8-15-16(12-22)25-19(20-15)21-17(23)11-14-6-4-3-5-7-14/h3-7,13H,8-12H2,1-2H3,(H,20,21,23). The fraction of sp³-hybridized carbons (Fsp3) is 0.421. The molecule has 1 aromatic heterocycles. The SMILES string of the molecule is CC(C)CC(=O)N1CCc2nc(NC(=O)Cc3ccccc3)sc2C1. The first-order valence-electron chi connectivity index (χ1n) is 8.61. The maximum Gasteiger partial charge on any atom is 0.230 e. The van der Waals surface area contributed by atoms with E-state index in [1.165, 1.54) is 11.3 Å². The second-order valence-corrected chi connectivity index (χ2v) is 7.85. The molecule has 1 aromatic carbocycles. The van der Waals surface area contributed by atoms with Crippen LogP contribution in [0, 0.1) is 5.92 Å². The van der Waals surface area contributed by atoms with Crippen LogP contribution in [0.4, 0.5) is 5.13 Å². The van der Waals surface area contributed by atoms with Crippen molar-refractivity contribution in [1.29, 1.82) is 0 Å². The summed E-state index contributed by atoms with van der Waals surface area (Å²) in [7, 11) is 0. The van der Waals surface area contributed by atoms with Gasteiger partial charge in [0.2, 0.25) is 11.8 Å². The predicted molar refractivity (Wildman–Crippen MR) is 99.5 cm³/mol. The van der Waals surface area contributed by atoms with Crippen molar-refractivity contribution in [2.24, 2.45) is 5.92 Å². The monoisotopic (exact) mass is 357 g/mol. The van der Waals surface area contributed by atoms with E-state index in [1.54, 1.807) is 0 Å². The van der Waals surface area contributed by atoms with E-state index in [2.05, 4.69) is 24.1 Å². The predicted octanol–water partition coefficient (Wildman–Crippen LogP) is 3.26. The van der Waals surface area contributed by atoms with Gasteiger partial charge in [-0.25, -0.2) is 4.98 Å². The molecule has 5 nitrogen and oxygen atoms in total. The average Bonchev–Trinajstić information content (AvgIpc) is 2.96. The van der Waals surface area contributed by atoms with E-state index < -0.39 is 0 Å². The molecule has 6 heteroatoms.